The fourth-order valence-corrected chi connectivity index (χ4v) is 2.95. The zero-order valence-electron chi connectivity index (χ0n) is 12.4. The summed E-state index contributed by atoms with van der Waals surface area (Å²) in [5.74, 6) is 0.214. The third-order valence-corrected chi connectivity index (χ3v) is 4.21. The summed E-state index contributed by atoms with van der Waals surface area (Å²) in [6.07, 6.45) is 7.40. The van der Waals surface area contributed by atoms with E-state index in [0.717, 1.165) is 32.6 Å². The van der Waals surface area contributed by atoms with E-state index in [1.807, 2.05) is 0 Å². The molecule has 0 aliphatic carbocycles. The van der Waals surface area contributed by atoms with Crippen molar-refractivity contribution >= 4 is 30.7 Å². The second-order valence-electron chi connectivity index (χ2n) is 5.68. The Bertz CT molecular complexity index is 265. The predicted molar refractivity (Wildman–Crippen MR) is 88.0 cm³/mol. The summed E-state index contributed by atoms with van der Waals surface area (Å²) in [5, 5.41) is 6.53. The van der Waals surface area contributed by atoms with Gasteiger partial charge in [-0.15, -0.1) is 24.8 Å². The molecule has 0 aromatic carbocycles. The van der Waals surface area contributed by atoms with Crippen molar-refractivity contribution in [2.24, 2.45) is 0 Å². The third kappa shape index (κ3) is 6.17. The van der Waals surface area contributed by atoms with Crippen LogP contribution in [0, 0.1) is 0 Å². The lowest BCUT2D eigenvalue weighted by molar-refractivity contribution is -0.126. The summed E-state index contributed by atoms with van der Waals surface area (Å²) in [7, 11) is 0. The van der Waals surface area contributed by atoms with E-state index in [0.29, 0.717) is 6.04 Å². The van der Waals surface area contributed by atoms with Crippen LogP contribution in [0.4, 0.5) is 0 Å². The quantitative estimate of drug-likeness (QED) is 0.833. The van der Waals surface area contributed by atoms with Crippen LogP contribution < -0.4 is 10.6 Å². The topological polar surface area (TPSA) is 44.4 Å². The number of nitrogens with one attached hydrogen (secondary N) is 2. The summed E-state index contributed by atoms with van der Waals surface area (Å²) in [4.78, 5) is 14.6. The molecular weight excluding hydrogens is 297 g/mol. The Labute approximate surface area is 135 Å². The molecule has 2 unspecified atom stereocenters. The first-order valence-corrected chi connectivity index (χ1v) is 7.52. The molecule has 2 atom stereocenters. The highest BCUT2D eigenvalue weighted by Gasteiger charge is 2.24. The van der Waals surface area contributed by atoms with Gasteiger partial charge in [0.25, 0.3) is 0 Å². The first-order chi connectivity index (χ1) is 8.77. The molecule has 20 heavy (non-hydrogen) atoms. The molecule has 0 aromatic heterocycles. The highest BCUT2D eigenvalue weighted by Crippen LogP contribution is 2.13. The van der Waals surface area contributed by atoms with Crippen LogP contribution in [-0.4, -0.2) is 49.1 Å². The van der Waals surface area contributed by atoms with Crippen LogP contribution in [0.1, 0.15) is 45.4 Å². The molecule has 0 bridgehead atoms. The van der Waals surface area contributed by atoms with Gasteiger partial charge in [-0.1, -0.05) is 12.8 Å². The standard InChI is InChI=1S/C14H27N3O.2ClH/c1-12(17-9-4-2-3-5-10-17)14(18)16-13-7-6-8-15-11-13;;/h12-13,15H,2-11H2,1H3,(H,16,18);2*1H. The maximum absolute atomic E-state index is 12.2. The minimum absolute atomic E-state index is 0. The van der Waals surface area contributed by atoms with Gasteiger partial charge in [0.1, 0.15) is 0 Å². The van der Waals surface area contributed by atoms with Gasteiger partial charge in [-0.2, -0.15) is 0 Å². The van der Waals surface area contributed by atoms with E-state index in [-0.39, 0.29) is 36.8 Å². The first-order valence-electron chi connectivity index (χ1n) is 7.52. The molecule has 2 N–H and O–H groups in total. The van der Waals surface area contributed by atoms with E-state index >= 15 is 0 Å². The first kappa shape index (κ1) is 20.0. The van der Waals surface area contributed by atoms with Gasteiger partial charge in [0.2, 0.25) is 5.91 Å². The fraction of sp³-hybridized carbons (Fsp3) is 0.929. The number of nitrogens with zero attached hydrogens (tertiary/aromatic N) is 1. The molecule has 2 aliphatic heterocycles. The molecular formula is C14H29Cl2N3O. The number of carbonyl (C=O) groups is 1. The molecule has 0 radical (unpaired) electrons. The minimum atomic E-state index is 0. The van der Waals surface area contributed by atoms with Gasteiger partial charge >= 0.3 is 0 Å². The van der Waals surface area contributed by atoms with Crippen LogP contribution in [0.15, 0.2) is 0 Å². The highest BCUT2D eigenvalue weighted by molar-refractivity contribution is 5.85. The van der Waals surface area contributed by atoms with E-state index in [4.69, 9.17) is 0 Å². The lowest BCUT2D eigenvalue weighted by Gasteiger charge is -2.30. The average molecular weight is 326 g/mol. The fourth-order valence-electron chi connectivity index (χ4n) is 2.95. The zero-order chi connectivity index (χ0) is 12.8. The summed E-state index contributed by atoms with van der Waals surface area (Å²) >= 11 is 0. The van der Waals surface area contributed by atoms with E-state index in [9.17, 15) is 4.79 Å². The van der Waals surface area contributed by atoms with Crippen LogP contribution in [0.2, 0.25) is 0 Å². The van der Waals surface area contributed by atoms with Crippen molar-refractivity contribution < 1.29 is 4.79 Å². The summed E-state index contributed by atoms with van der Waals surface area (Å²) in [5.41, 5.74) is 0. The number of hydrogen-bond acceptors (Lipinski definition) is 3. The second kappa shape index (κ2) is 10.7. The van der Waals surface area contributed by atoms with E-state index in [1.165, 1.54) is 32.1 Å². The van der Waals surface area contributed by atoms with E-state index in [1.54, 1.807) is 0 Å². The molecule has 1 amide bonds. The van der Waals surface area contributed by atoms with Crippen LogP contribution in [0.3, 0.4) is 0 Å². The molecule has 0 aromatic rings. The monoisotopic (exact) mass is 325 g/mol. The Morgan fingerprint density at radius 1 is 1.15 bits per heavy atom. The van der Waals surface area contributed by atoms with E-state index in [2.05, 4.69) is 22.5 Å². The molecule has 2 aliphatic rings. The van der Waals surface area contributed by atoms with Crippen molar-refractivity contribution in [3.05, 3.63) is 0 Å². The van der Waals surface area contributed by atoms with Crippen LogP contribution >= 0.6 is 24.8 Å². The molecule has 2 fully saturated rings. The van der Waals surface area contributed by atoms with Crippen molar-refractivity contribution in [3.63, 3.8) is 0 Å². The van der Waals surface area contributed by atoms with Crippen molar-refractivity contribution in [1.82, 2.24) is 15.5 Å². The molecule has 4 nitrogen and oxygen atoms in total. The number of carbonyl (C=O) groups excluding carboxylic acids is 1. The molecule has 120 valence electrons. The maximum Gasteiger partial charge on any atom is 0.237 e. The number of amides is 1. The molecule has 2 heterocycles. The summed E-state index contributed by atoms with van der Waals surface area (Å²) in [6.45, 7) is 6.23. The number of piperidine rings is 1. The largest absolute Gasteiger partial charge is 0.351 e. The van der Waals surface area contributed by atoms with Gasteiger partial charge < -0.3 is 10.6 Å². The number of rotatable bonds is 3. The zero-order valence-corrected chi connectivity index (χ0v) is 14.0. The van der Waals surface area contributed by atoms with Crippen molar-refractivity contribution in [2.75, 3.05) is 26.2 Å². The highest BCUT2D eigenvalue weighted by atomic mass is 35.5. The van der Waals surface area contributed by atoms with Gasteiger partial charge in [-0.05, 0) is 52.2 Å². The minimum Gasteiger partial charge on any atom is -0.351 e. The smallest absolute Gasteiger partial charge is 0.237 e. The van der Waals surface area contributed by atoms with Gasteiger partial charge in [0.05, 0.1) is 6.04 Å². The molecule has 0 spiro atoms. The SMILES string of the molecule is CC(C(=O)NC1CCCNC1)N1CCCCCC1.Cl.Cl. The van der Waals surface area contributed by atoms with Crippen LogP contribution in [0.5, 0.6) is 0 Å². The normalized spacial score (nSPS) is 25.6. The number of likely N-dealkylation sites (tertiary alicyclic amines) is 1. The molecule has 2 rings (SSSR count). The number of hydrogen-bond donors (Lipinski definition) is 2. The van der Waals surface area contributed by atoms with Crippen LogP contribution in [-0.2, 0) is 4.79 Å². The lowest BCUT2D eigenvalue weighted by Crippen LogP contribution is -2.52. The van der Waals surface area contributed by atoms with Crippen molar-refractivity contribution in [3.8, 4) is 0 Å². The van der Waals surface area contributed by atoms with Crippen molar-refractivity contribution in [1.29, 1.82) is 0 Å². The summed E-state index contributed by atoms with van der Waals surface area (Å²) < 4.78 is 0. The average Bonchev–Trinajstić information content (AvgIpc) is 2.68. The van der Waals surface area contributed by atoms with Gasteiger partial charge in [0, 0.05) is 12.6 Å². The van der Waals surface area contributed by atoms with Crippen molar-refractivity contribution in [2.45, 2.75) is 57.5 Å². The Hall–Kier alpha value is -0.0300. The second-order valence-corrected chi connectivity index (χ2v) is 5.68. The van der Waals surface area contributed by atoms with E-state index < -0.39 is 0 Å². The van der Waals surface area contributed by atoms with Crippen LogP contribution in [0.25, 0.3) is 0 Å². The van der Waals surface area contributed by atoms with Gasteiger partial charge in [-0.3, -0.25) is 9.69 Å². The molecule has 2 saturated heterocycles. The molecule has 0 saturated carbocycles. The Morgan fingerprint density at radius 2 is 1.80 bits per heavy atom. The molecule has 6 heteroatoms. The Morgan fingerprint density at radius 3 is 2.35 bits per heavy atom. The Kier molecular flexibility index (Phi) is 10.6. The van der Waals surface area contributed by atoms with Gasteiger partial charge in [0.15, 0.2) is 0 Å². The van der Waals surface area contributed by atoms with Gasteiger partial charge in [-0.25, -0.2) is 0 Å². The Balaban J connectivity index is 0.00000180. The summed E-state index contributed by atoms with van der Waals surface area (Å²) in [6, 6.07) is 0.366. The predicted octanol–water partition coefficient (Wildman–Crippen LogP) is 1.96. The lowest BCUT2D eigenvalue weighted by atomic mass is 10.1. The maximum atomic E-state index is 12.2. The third-order valence-electron chi connectivity index (χ3n) is 4.21. The number of halogens is 2.